The molecule has 0 heteroatoms. The summed E-state index contributed by atoms with van der Waals surface area (Å²) in [6.07, 6.45) is 12.2. The second-order valence-electron chi connectivity index (χ2n) is 8.82. The van der Waals surface area contributed by atoms with E-state index in [0.717, 1.165) is 23.7 Å². The minimum absolute atomic E-state index is 0.656. The maximum absolute atomic E-state index is 2.64. The van der Waals surface area contributed by atoms with Gasteiger partial charge in [-0.3, -0.25) is 0 Å². The van der Waals surface area contributed by atoms with Gasteiger partial charge in [-0.2, -0.15) is 0 Å². The molecule has 0 aromatic rings. The van der Waals surface area contributed by atoms with Gasteiger partial charge in [-0.15, -0.1) is 0 Å². The van der Waals surface area contributed by atoms with E-state index < -0.39 is 0 Å². The van der Waals surface area contributed by atoms with Gasteiger partial charge in [0, 0.05) is 0 Å². The van der Waals surface area contributed by atoms with E-state index in [9.17, 15) is 0 Å². The zero-order chi connectivity index (χ0) is 13.0. The third-order valence-electron chi connectivity index (χ3n) is 7.27. The Labute approximate surface area is 114 Å². The summed E-state index contributed by atoms with van der Waals surface area (Å²) in [6.45, 7) is 10.2. The molecule has 0 saturated heterocycles. The van der Waals surface area contributed by atoms with Crippen LogP contribution in [0.25, 0.3) is 0 Å². The van der Waals surface area contributed by atoms with E-state index >= 15 is 0 Å². The highest BCUT2D eigenvalue weighted by molar-refractivity contribution is 5.04. The molecule has 0 radical (unpaired) electrons. The molecule has 0 N–H and O–H groups in total. The molecule has 6 unspecified atom stereocenters. The first-order valence-corrected chi connectivity index (χ1v) is 8.42. The summed E-state index contributed by atoms with van der Waals surface area (Å²) >= 11 is 0. The predicted octanol–water partition coefficient (Wildman–Crippen LogP) is 5.67. The van der Waals surface area contributed by atoms with Gasteiger partial charge in [0.2, 0.25) is 0 Å². The Morgan fingerprint density at radius 1 is 0.722 bits per heavy atom. The van der Waals surface area contributed by atoms with Crippen LogP contribution in [0.4, 0.5) is 0 Å². The fourth-order valence-corrected chi connectivity index (χ4v) is 5.90. The summed E-state index contributed by atoms with van der Waals surface area (Å²) < 4.78 is 0. The Kier molecular flexibility index (Phi) is 3.07. The van der Waals surface area contributed by atoms with Crippen molar-refractivity contribution < 1.29 is 0 Å². The third-order valence-corrected chi connectivity index (χ3v) is 7.27. The van der Waals surface area contributed by atoms with Crippen LogP contribution < -0.4 is 0 Å². The van der Waals surface area contributed by atoms with Crippen LogP contribution in [-0.2, 0) is 0 Å². The van der Waals surface area contributed by atoms with Crippen LogP contribution in [0.2, 0.25) is 0 Å². The number of hydrogen-bond donors (Lipinski definition) is 0. The van der Waals surface area contributed by atoms with E-state index in [4.69, 9.17) is 0 Å². The molecule has 3 aliphatic rings. The van der Waals surface area contributed by atoms with Crippen LogP contribution in [-0.4, -0.2) is 0 Å². The Bertz CT molecular complexity index is 320. The topological polar surface area (TPSA) is 0 Å². The van der Waals surface area contributed by atoms with E-state index in [-0.39, 0.29) is 0 Å². The molecule has 0 aliphatic heterocycles. The van der Waals surface area contributed by atoms with Crippen molar-refractivity contribution in [3.05, 3.63) is 0 Å². The molecule has 3 saturated carbocycles. The highest BCUT2D eigenvalue weighted by Gasteiger charge is 2.54. The summed E-state index contributed by atoms with van der Waals surface area (Å²) in [5, 5.41) is 0. The van der Waals surface area contributed by atoms with Gasteiger partial charge < -0.3 is 0 Å². The number of fused-ring (bicyclic) bond motifs is 2. The van der Waals surface area contributed by atoms with Crippen molar-refractivity contribution in [3.8, 4) is 0 Å². The maximum atomic E-state index is 2.64. The fraction of sp³-hybridized carbons (Fsp3) is 1.00. The smallest absolute Gasteiger partial charge is 0.0267 e. The molecule has 3 rings (SSSR count). The molecule has 3 aliphatic carbocycles. The molecule has 6 atom stereocenters. The Balaban J connectivity index is 1.83. The van der Waals surface area contributed by atoms with Crippen LogP contribution in [0.5, 0.6) is 0 Å². The zero-order valence-electron chi connectivity index (χ0n) is 13.0. The fourth-order valence-electron chi connectivity index (χ4n) is 5.90. The molecule has 0 aromatic heterocycles. The molecule has 0 nitrogen and oxygen atoms in total. The molecule has 104 valence electrons. The van der Waals surface area contributed by atoms with E-state index in [1.165, 1.54) is 38.5 Å². The molecule has 3 fully saturated rings. The standard InChI is InChI=1S/C18H32/c1-13-5-6-15-11-17(3)8-7-14(2)10-18(17,4)12-16(15)9-13/h13-16H,5-12H2,1-4H3. The van der Waals surface area contributed by atoms with Crippen molar-refractivity contribution in [3.63, 3.8) is 0 Å². The summed E-state index contributed by atoms with van der Waals surface area (Å²) in [7, 11) is 0. The summed E-state index contributed by atoms with van der Waals surface area (Å²) in [6, 6.07) is 0. The van der Waals surface area contributed by atoms with Gasteiger partial charge in [0.15, 0.2) is 0 Å². The second kappa shape index (κ2) is 4.25. The zero-order valence-corrected chi connectivity index (χ0v) is 13.0. The SMILES string of the molecule is CC1CCC2CC3(C)CCC(C)CC3(C)CC2C1. The van der Waals surface area contributed by atoms with Gasteiger partial charge in [0.1, 0.15) is 0 Å². The van der Waals surface area contributed by atoms with Crippen LogP contribution in [0, 0.1) is 34.5 Å². The van der Waals surface area contributed by atoms with Crippen molar-refractivity contribution in [2.45, 2.75) is 79.1 Å². The third kappa shape index (κ3) is 1.95. The van der Waals surface area contributed by atoms with Crippen LogP contribution >= 0.6 is 0 Å². The van der Waals surface area contributed by atoms with Gasteiger partial charge in [0.25, 0.3) is 0 Å². The van der Waals surface area contributed by atoms with Crippen LogP contribution in [0.15, 0.2) is 0 Å². The molecule has 0 heterocycles. The van der Waals surface area contributed by atoms with Crippen molar-refractivity contribution in [2.24, 2.45) is 34.5 Å². The van der Waals surface area contributed by atoms with E-state index in [1.54, 1.807) is 12.8 Å². The highest BCUT2D eigenvalue weighted by Crippen LogP contribution is 2.64. The quantitative estimate of drug-likeness (QED) is 0.518. The first kappa shape index (κ1) is 13.0. The lowest BCUT2D eigenvalue weighted by atomic mass is 9.45. The molecule has 18 heavy (non-hydrogen) atoms. The minimum Gasteiger partial charge on any atom is -0.0625 e. The lowest BCUT2D eigenvalue weighted by molar-refractivity contribution is -0.103. The molecule has 0 aromatic carbocycles. The number of hydrogen-bond acceptors (Lipinski definition) is 0. The Morgan fingerprint density at radius 3 is 2.22 bits per heavy atom. The van der Waals surface area contributed by atoms with Gasteiger partial charge in [-0.1, -0.05) is 40.5 Å². The summed E-state index contributed by atoms with van der Waals surface area (Å²) in [5.41, 5.74) is 1.32. The van der Waals surface area contributed by atoms with E-state index in [2.05, 4.69) is 27.7 Å². The average molecular weight is 248 g/mol. The minimum atomic E-state index is 0.656. The van der Waals surface area contributed by atoms with Crippen molar-refractivity contribution in [1.82, 2.24) is 0 Å². The highest BCUT2D eigenvalue weighted by atomic mass is 14.6. The van der Waals surface area contributed by atoms with Crippen molar-refractivity contribution in [2.75, 3.05) is 0 Å². The lowest BCUT2D eigenvalue weighted by Crippen LogP contribution is -2.51. The van der Waals surface area contributed by atoms with Gasteiger partial charge in [-0.25, -0.2) is 0 Å². The average Bonchev–Trinajstić information content (AvgIpc) is 2.28. The molecule has 0 spiro atoms. The molecule has 0 amide bonds. The van der Waals surface area contributed by atoms with Crippen LogP contribution in [0.3, 0.4) is 0 Å². The summed E-state index contributed by atoms with van der Waals surface area (Å²) in [4.78, 5) is 0. The largest absolute Gasteiger partial charge is 0.0625 e. The number of rotatable bonds is 0. The van der Waals surface area contributed by atoms with Crippen LogP contribution in [0.1, 0.15) is 79.1 Å². The van der Waals surface area contributed by atoms with E-state index in [0.29, 0.717) is 10.8 Å². The molecular weight excluding hydrogens is 216 g/mol. The van der Waals surface area contributed by atoms with Crippen molar-refractivity contribution >= 4 is 0 Å². The molecule has 0 bridgehead atoms. The lowest BCUT2D eigenvalue weighted by Gasteiger charge is -2.60. The van der Waals surface area contributed by atoms with Crippen molar-refractivity contribution in [1.29, 1.82) is 0 Å². The second-order valence-corrected chi connectivity index (χ2v) is 8.82. The predicted molar refractivity (Wildman–Crippen MR) is 78.5 cm³/mol. The molecular formula is C18H32. The Hall–Kier alpha value is 0. The van der Waals surface area contributed by atoms with E-state index in [1.807, 2.05) is 0 Å². The maximum Gasteiger partial charge on any atom is -0.0267 e. The van der Waals surface area contributed by atoms with Gasteiger partial charge in [-0.05, 0) is 73.0 Å². The Morgan fingerprint density at radius 2 is 1.44 bits per heavy atom. The summed E-state index contributed by atoms with van der Waals surface area (Å²) in [5.74, 6) is 4.12. The first-order chi connectivity index (χ1) is 8.42. The van der Waals surface area contributed by atoms with Gasteiger partial charge >= 0.3 is 0 Å². The normalized spacial score (nSPS) is 56.7. The van der Waals surface area contributed by atoms with Gasteiger partial charge in [0.05, 0.1) is 0 Å². The first-order valence-electron chi connectivity index (χ1n) is 8.42. The monoisotopic (exact) mass is 248 g/mol.